The van der Waals surface area contributed by atoms with Crippen molar-refractivity contribution >= 4 is 21.5 Å². The fourth-order valence-corrected chi connectivity index (χ4v) is 3.48. The van der Waals surface area contributed by atoms with Crippen molar-refractivity contribution in [2.75, 3.05) is 0 Å². The van der Waals surface area contributed by atoms with Crippen LogP contribution < -0.4 is 0 Å². The van der Waals surface area contributed by atoms with Gasteiger partial charge in [-0.25, -0.2) is 15.0 Å². The fourth-order valence-electron chi connectivity index (χ4n) is 3.48. The second kappa shape index (κ2) is 6.29. The van der Waals surface area contributed by atoms with Crippen LogP contribution in [0.5, 0.6) is 0 Å². The van der Waals surface area contributed by atoms with Crippen molar-refractivity contribution in [3.8, 4) is 22.8 Å². The summed E-state index contributed by atoms with van der Waals surface area (Å²) in [5.41, 5.74) is 2.00. The van der Waals surface area contributed by atoms with Gasteiger partial charge in [0.1, 0.15) is 5.82 Å². The highest BCUT2D eigenvalue weighted by molar-refractivity contribution is 6.08. The molecule has 5 aromatic rings. The van der Waals surface area contributed by atoms with Gasteiger partial charge < -0.3 is 0 Å². The van der Waals surface area contributed by atoms with E-state index < -0.39 is 0 Å². The minimum atomic E-state index is 0.705. The van der Waals surface area contributed by atoms with E-state index in [-0.39, 0.29) is 0 Å². The first-order valence-corrected chi connectivity index (χ1v) is 8.98. The molecule has 128 valence electrons. The molecule has 0 fully saturated rings. The van der Waals surface area contributed by atoms with E-state index in [1.165, 1.54) is 21.5 Å². The van der Waals surface area contributed by atoms with E-state index in [1.807, 2.05) is 37.3 Å². The SMILES string of the molecule is Cc1nc(-c2ccccc2)nc(-c2ccc3c(ccc4ccccc43)c2)n1. The van der Waals surface area contributed by atoms with E-state index in [0.717, 1.165) is 17.0 Å². The monoisotopic (exact) mass is 347 g/mol. The van der Waals surface area contributed by atoms with Crippen molar-refractivity contribution in [1.82, 2.24) is 15.0 Å². The van der Waals surface area contributed by atoms with Crippen molar-refractivity contribution in [3.05, 3.63) is 90.8 Å². The molecule has 0 atom stereocenters. The maximum Gasteiger partial charge on any atom is 0.163 e. The Balaban J connectivity index is 1.67. The van der Waals surface area contributed by atoms with Crippen LogP contribution in [0, 0.1) is 6.92 Å². The highest BCUT2D eigenvalue weighted by Gasteiger charge is 2.09. The third-order valence-corrected chi connectivity index (χ3v) is 4.78. The van der Waals surface area contributed by atoms with Crippen LogP contribution in [0.25, 0.3) is 44.3 Å². The van der Waals surface area contributed by atoms with Crippen LogP contribution in [0.3, 0.4) is 0 Å². The van der Waals surface area contributed by atoms with Gasteiger partial charge in [0, 0.05) is 11.1 Å². The molecular formula is C24H17N3. The molecule has 0 bridgehead atoms. The zero-order chi connectivity index (χ0) is 18.2. The lowest BCUT2D eigenvalue weighted by atomic mass is 10.00. The van der Waals surface area contributed by atoms with Gasteiger partial charge in [0.05, 0.1) is 0 Å². The smallest absolute Gasteiger partial charge is 0.163 e. The first-order chi connectivity index (χ1) is 13.3. The van der Waals surface area contributed by atoms with Gasteiger partial charge in [-0.1, -0.05) is 78.9 Å². The predicted molar refractivity (Wildman–Crippen MR) is 110 cm³/mol. The van der Waals surface area contributed by atoms with E-state index in [1.54, 1.807) is 0 Å². The Morgan fingerprint density at radius 1 is 0.519 bits per heavy atom. The molecule has 0 aliphatic rings. The molecule has 0 saturated heterocycles. The summed E-state index contributed by atoms with van der Waals surface area (Å²) in [5.74, 6) is 2.13. The number of benzene rings is 4. The lowest BCUT2D eigenvalue weighted by molar-refractivity contribution is 0.992. The Hall–Kier alpha value is -3.59. The van der Waals surface area contributed by atoms with Gasteiger partial charge in [-0.15, -0.1) is 0 Å². The standard InChI is InChI=1S/C24H17N3/c1-16-25-23(18-8-3-2-4-9-18)27-24(26-16)20-13-14-22-19(15-20)12-11-17-7-5-6-10-21(17)22/h2-15H,1H3. The summed E-state index contributed by atoms with van der Waals surface area (Å²) in [6, 6.07) is 29.2. The Bertz CT molecular complexity index is 1280. The van der Waals surface area contributed by atoms with E-state index >= 15 is 0 Å². The van der Waals surface area contributed by atoms with Gasteiger partial charge in [0.15, 0.2) is 11.6 Å². The van der Waals surface area contributed by atoms with Crippen LogP contribution in [0.15, 0.2) is 84.9 Å². The maximum absolute atomic E-state index is 4.72. The first kappa shape index (κ1) is 15.6. The molecule has 1 aromatic heterocycles. The zero-order valence-corrected chi connectivity index (χ0v) is 14.9. The van der Waals surface area contributed by atoms with Gasteiger partial charge in [0.2, 0.25) is 0 Å². The molecule has 5 rings (SSSR count). The second-order valence-electron chi connectivity index (χ2n) is 6.62. The Kier molecular flexibility index (Phi) is 3.65. The summed E-state index contributed by atoms with van der Waals surface area (Å²) in [7, 11) is 0. The van der Waals surface area contributed by atoms with Crippen LogP contribution in [-0.2, 0) is 0 Å². The molecule has 0 aliphatic heterocycles. The number of aryl methyl sites for hydroxylation is 1. The summed E-state index contributed by atoms with van der Waals surface area (Å²) in [5, 5.41) is 4.94. The number of rotatable bonds is 2. The molecule has 27 heavy (non-hydrogen) atoms. The Morgan fingerprint density at radius 3 is 2.04 bits per heavy atom. The molecule has 0 unspecified atom stereocenters. The van der Waals surface area contributed by atoms with Gasteiger partial charge >= 0.3 is 0 Å². The quantitative estimate of drug-likeness (QED) is 0.378. The van der Waals surface area contributed by atoms with E-state index in [9.17, 15) is 0 Å². The van der Waals surface area contributed by atoms with Crippen LogP contribution in [0.1, 0.15) is 5.82 Å². The lowest BCUT2D eigenvalue weighted by Gasteiger charge is -2.08. The van der Waals surface area contributed by atoms with Crippen LogP contribution >= 0.6 is 0 Å². The lowest BCUT2D eigenvalue weighted by Crippen LogP contribution is -1.99. The van der Waals surface area contributed by atoms with Crippen LogP contribution in [0.2, 0.25) is 0 Å². The largest absolute Gasteiger partial charge is 0.213 e. The molecule has 4 aromatic carbocycles. The molecule has 0 spiro atoms. The first-order valence-electron chi connectivity index (χ1n) is 8.98. The fraction of sp³-hybridized carbons (Fsp3) is 0.0417. The number of nitrogens with zero attached hydrogens (tertiary/aromatic N) is 3. The molecule has 3 nitrogen and oxygen atoms in total. The average Bonchev–Trinajstić information content (AvgIpc) is 2.73. The van der Waals surface area contributed by atoms with E-state index in [0.29, 0.717) is 11.6 Å². The number of fused-ring (bicyclic) bond motifs is 3. The van der Waals surface area contributed by atoms with Crippen molar-refractivity contribution < 1.29 is 0 Å². The molecule has 0 aliphatic carbocycles. The molecule has 3 heteroatoms. The summed E-state index contributed by atoms with van der Waals surface area (Å²) in [6.07, 6.45) is 0. The van der Waals surface area contributed by atoms with Gasteiger partial charge in [-0.05, 0) is 34.5 Å². The third-order valence-electron chi connectivity index (χ3n) is 4.78. The minimum absolute atomic E-state index is 0.705. The highest BCUT2D eigenvalue weighted by atomic mass is 15.0. The van der Waals surface area contributed by atoms with Crippen molar-refractivity contribution in [2.24, 2.45) is 0 Å². The number of aromatic nitrogens is 3. The Morgan fingerprint density at radius 2 is 1.19 bits per heavy atom. The van der Waals surface area contributed by atoms with Crippen LogP contribution in [-0.4, -0.2) is 15.0 Å². The molecule has 0 saturated carbocycles. The maximum atomic E-state index is 4.72. The van der Waals surface area contributed by atoms with Gasteiger partial charge in [0.25, 0.3) is 0 Å². The van der Waals surface area contributed by atoms with Crippen molar-refractivity contribution in [3.63, 3.8) is 0 Å². The molecule has 0 amide bonds. The average molecular weight is 347 g/mol. The number of hydrogen-bond acceptors (Lipinski definition) is 3. The summed E-state index contributed by atoms with van der Waals surface area (Å²) in [6.45, 7) is 1.91. The predicted octanol–water partition coefficient (Wildman–Crippen LogP) is 5.82. The summed E-state index contributed by atoms with van der Waals surface area (Å²) in [4.78, 5) is 13.8. The molecule has 0 N–H and O–H groups in total. The van der Waals surface area contributed by atoms with Crippen molar-refractivity contribution in [1.29, 1.82) is 0 Å². The highest BCUT2D eigenvalue weighted by Crippen LogP contribution is 2.29. The van der Waals surface area contributed by atoms with Gasteiger partial charge in [-0.3, -0.25) is 0 Å². The molecular weight excluding hydrogens is 330 g/mol. The topological polar surface area (TPSA) is 38.7 Å². The number of hydrogen-bond donors (Lipinski definition) is 0. The molecule has 1 heterocycles. The normalized spacial score (nSPS) is 11.1. The van der Waals surface area contributed by atoms with E-state index in [2.05, 4.69) is 64.6 Å². The van der Waals surface area contributed by atoms with Gasteiger partial charge in [-0.2, -0.15) is 0 Å². The minimum Gasteiger partial charge on any atom is -0.213 e. The van der Waals surface area contributed by atoms with E-state index in [4.69, 9.17) is 4.98 Å². The third kappa shape index (κ3) is 2.83. The molecule has 0 radical (unpaired) electrons. The van der Waals surface area contributed by atoms with Crippen LogP contribution in [0.4, 0.5) is 0 Å². The zero-order valence-electron chi connectivity index (χ0n) is 14.9. The summed E-state index contributed by atoms with van der Waals surface area (Å²) >= 11 is 0. The second-order valence-corrected chi connectivity index (χ2v) is 6.62. The summed E-state index contributed by atoms with van der Waals surface area (Å²) < 4.78 is 0. The Labute approximate surface area is 157 Å². The van der Waals surface area contributed by atoms with Crippen molar-refractivity contribution in [2.45, 2.75) is 6.92 Å².